The summed E-state index contributed by atoms with van der Waals surface area (Å²) in [6.07, 6.45) is 5.35. The third kappa shape index (κ3) is 1.75. The van der Waals surface area contributed by atoms with E-state index in [4.69, 9.17) is 0 Å². The molecule has 0 bridgehead atoms. The molecule has 1 aliphatic carbocycles. The van der Waals surface area contributed by atoms with Gasteiger partial charge in [-0.1, -0.05) is 40.4 Å². The molecule has 0 atom stereocenters. The van der Waals surface area contributed by atoms with Gasteiger partial charge < -0.3 is 0 Å². The Morgan fingerprint density at radius 2 is 1.78 bits per heavy atom. The van der Waals surface area contributed by atoms with Gasteiger partial charge in [0.25, 0.3) is 0 Å². The molecule has 3 heteroatoms. The molecule has 0 unspecified atom stereocenters. The van der Waals surface area contributed by atoms with Crippen LogP contribution in [0.4, 0.5) is 0 Å². The predicted octanol–water partition coefficient (Wildman–Crippen LogP) is 2.81. The number of hydrogen-bond acceptors (Lipinski definition) is 2. The summed E-state index contributed by atoms with van der Waals surface area (Å²) in [5, 5.41) is 3.05. The van der Waals surface area contributed by atoms with E-state index in [2.05, 4.69) is 21.1 Å². The second-order valence-corrected chi connectivity index (χ2v) is 4.05. The Balaban J connectivity index is 2.46. The highest BCUT2D eigenvalue weighted by Gasteiger charge is 2.29. The molecule has 0 spiro atoms. The molecule has 1 aliphatic rings. The Labute approximate surface area is 63.1 Å². The normalized spacial score (nSPS) is 25.4. The lowest BCUT2D eigenvalue weighted by Gasteiger charge is -2.23. The van der Waals surface area contributed by atoms with Crippen LogP contribution in [-0.4, -0.2) is 4.45 Å². The van der Waals surface area contributed by atoms with Crippen LogP contribution in [0, 0.1) is 4.91 Å². The fourth-order valence-electron chi connectivity index (χ4n) is 1.18. The number of nitrogens with zero attached hydrogens (tertiary/aromatic N) is 1. The number of nitroso groups, excluding NO2 is 1. The first-order chi connectivity index (χ1) is 4.27. The molecule has 1 fully saturated rings. The van der Waals surface area contributed by atoms with E-state index in [-0.39, 0.29) is 0 Å². The summed E-state index contributed by atoms with van der Waals surface area (Å²) in [6.45, 7) is 0. The van der Waals surface area contributed by atoms with Gasteiger partial charge in [-0.25, -0.2) is 0 Å². The average molecular weight is 192 g/mol. The second-order valence-electron chi connectivity index (χ2n) is 2.57. The van der Waals surface area contributed by atoms with Crippen LogP contribution < -0.4 is 0 Å². The third-order valence-electron chi connectivity index (χ3n) is 1.78. The molecular weight excluding hydrogens is 182 g/mol. The molecule has 0 amide bonds. The molecule has 0 saturated heterocycles. The Morgan fingerprint density at radius 3 is 2.11 bits per heavy atom. The Hall–Kier alpha value is 0.0800. The molecule has 1 rings (SSSR count). The van der Waals surface area contributed by atoms with Crippen molar-refractivity contribution in [1.82, 2.24) is 0 Å². The maximum Gasteiger partial charge on any atom is 0.157 e. The topological polar surface area (TPSA) is 29.4 Å². The SMILES string of the molecule is O=NC1(Br)CCCCC1. The molecule has 0 aromatic carbocycles. The quantitative estimate of drug-likeness (QED) is 0.356. The van der Waals surface area contributed by atoms with E-state index < -0.39 is 4.45 Å². The Kier molecular flexibility index (Phi) is 2.22. The van der Waals surface area contributed by atoms with Gasteiger partial charge in [0.1, 0.15) is 0 Å². The molecule has 0 aliphatic heterocycles. The first-order valence-corrected chi connectivity index (χ1v) is 4.10. The van der Waals surface area contributed by atoms with E-state index >= 15 is 0 Å². The first kappa shape index (κ1) is 7.19. The highest BCUT2D eigenvalue weighted by atomic mass is 79.9. The van der Waals surface area contributed by atoms with E-state index in [1.807, 2.05) is 0 Å². The molecule has 0 aromatic heterocycles. The molecule has 2 nitrogen and oxygen atoms in total. The largest absolute Gasteiger partial charge is 0.157 e. The smallest absolute Gasteiger partial charge is 0.149 e. The van der Waals surface area contributed by atoms with Crippen LogP contribution >= 0.6 is 15.9 Å². The van der Waals surface area contributed by atoms with Crippen LogP contribution in [0.1, 0.15) is 32.1 Å². The minimum atomic E-state index is -0.398. The van der Waals surface area contributed by atoms with Gasteiger partial charge >= 0.3 is 0 Å². The van der Waals surface area contributed by atoms with Gasteiger partial charge in [-0.2, -0.15) is 0 Å². The van der Waals surface area contributed by atoms with Crippen molar-refractivity contribution in [2.75, 3.05) is 0 Å². The van der Waals surface area contributed by atoms with Crippen LogP contribution in [0.3, 0.4) is 0 Å². The minimum absolute atomic E-state index is 0.398. The van der Waals surface area contributed by atoms with Gasteiger partial charge in [-0.05, 0) is 12.8 Å². The first-order valence-electron chi connectivity index (χ1n) is 3.30. The molecule has 52 valence electrons. The van der Waals surface area contributed by atoms with Crippen LogP contribution in [0.25, 0.3) is 0 Å². The third-order valence-corrected chi connectivity index (χ3v) is 2.72. The van der Waals surface area contributed by atoms with Gasteiger partial charge in [-0.3, -0.25) is 0 Å². The molecule has 0 radical (unpaired) electrons. The summed E-state index contributed by atoms with van der Waals surface area (Å²) < 4.78 is -0.398. The standard InChI is InChI=1S/C6H10BrNO/c7-6(8-9)4-2-1-3-5-6/h1-5H2. The van der Waals surface area contributed by atoms with Gasteiger partial charge in [0.2, 0.25) is 0 Å². The van der Waals surface area contributed by atoms with Crippen LogP contribution in [0.15, 0.2) is 5.18 Å². The maximum atomic E-state index is 10.2. The molecule has 0 N–H and O–H groups in total. The van der Waals surface area contributed by atoms with Crippen molar-refractivity contribution in [3.8, 4) is 0 Å². The lowest BCUT2D eigenvalue weighted by atomic mass is 9.96. The fourth-order valence-corrected chi connectivity index (χ4v) is 1.75. The van der Waals surface area contributed by atoms with Crippen molar-refractivity contribution in [2.24, 2.45) is 5.18 Å². The molecule has 0 aromatic rings. The number of alkyl halides is 1. The number of rotatable bonds is 1. The summed E-state index contributed by atoms with van der Waals surface area (Å²) in [7, 11) is 0. The molecule has 1 saturated carbocycles. The van der Waals surface area contributed by atoms with Gasteiger partial charge in [-0.15, -0.1) is 4.91 Å². The summed E-state index contributed by atoms with van der Waals surface area (Å²) in [4.78, 5) is 10.2. The lowest BCUT2D eigenvalue weighted by Crippen LogP contribution is -2.20. The Bertz CT molecular complexity index is 110. The molecule has 0 heterocycles. The fraction of sp³-hybridized carbons (Fsp3) is 1.00. The van der Waals surface area contributed by atoms with Gasteiger partial charge in [0.15, 0.2) is 4.45 Å². The predicted molar refractivity (Wildman–Crippen MR) is 40.5 cm³/mol. The van der Waals surface area contributed by atoms with Crippen LogP contribution in [0.2, 0.25) is 0 Å². The zero-order valence-corrected chi connectivity index (χ0v) is 6.85. The zero-order chi connectivity index (χ0) is 6.74. The van der Waals surface area contributed by atoms with Crippen molar-refractivity contribution in [3.05, 3.63) is 4.91 Å². The number of hydrogen-bond donors (Lipinski definition) is 0. The van der Waals surface area contributed by atoms with Gasteiger partial charge in [0, 0.05) is 0 Å². The number of halogens is 1. The van der Waals surface area contributed by atoms with E-state index in [1.165, 1.54) is 6.42 Å². The van der Waals surface area contributed by atoms with Crippen LogP contribution in [-0.2, 0) is 0 Å². The lowest BCUT2D eigenvalue weighted by molar-refractivity contribution is 0.415. The van der Waals surface area contributed by atoms with Crippen molar-refractivity contribution >= 4 is 15.9 Å². The second kappa shape index (κ2) is 2.78. The summed E-state index contributed by atoms with van der Waals surface area (Å²) in [6, 6.07) is 0. The van der Waals surface area contributed by atoms with Crippen LogP contribution in [0.5, 0.6) is 0 Å². The average Bonchev–Trinajstić information content (AvgIpc) is 1.90. The summed E-state index contributed by atoms with van der Waals surface area (Å²) in [5.41, 5.74) is 0. The Morgan fingerprint density at radius 1 is 1.22 bits per heavy atom. The summed E-state index contributed by atoms with van der Waals surface area (Å²) in [5.74, 6) is 0. The van der Waals surface area contributed by atoms with Gasteiger partial charge in [0.05, 0.1) is 0 Å². The monoisotopic (exact) mass is 191 g/mol. The van der Waals surface area contributed by atoms with E-state index in [9.17, 15) is 4.91 Å². The maximum absolute atomic E-state index is 10.2. The van der Waals surface area contributed by atoms with Crippen molar-refractivity contribution in [2.45, 2.75) is 36.6 Å². The van der Waals surface area contributed by atoms with E-state index in [1.54, 1.807) is 0 Å². The zero-order valence-electron chi connectivity index (χ0n) is 5.27. The van der Waals surface area contributed by atoms with Crippen molar-refractivity contribution in [3.63, 3.8) is 0 Å². The highest BCUT2D eigenvalue weighted by Crippen LogP contribution is 2.36. The molecule has 9 heavy (non-hydrogen) atoms. The van der Waals surface area contributed by atoms with Crippen molar-refractivity contribution < 1.29 is 0 Å². The van der Waals surface area contributed by atoms with E-state index in [0.29, 0.717) is 0 Å². The van der Waals surface area contributed by atoms with Crippen molar-refractivity contribution in [1.29, 1.82) is 0 Å². The minimum Gasteiger partial charge on any atom is -0.149 e. The molecular formula is C6H10BrNO. The van der Waals surface area contributed by atoms with E-state index in [0.717, 1.165) is 25.7 Å². The highest BCUT2D eigenvalue weighted by molar-refractivity contribution is 9.10. The summed E-state index contributed by atoms with van der Waals surface area (Å²) >= 11 is 3.32.